The molecule has 2 N–H and O–H groups in total. The maximum Gasteiger partial charge on any atom is 0.303 e. The first-order chi connectivity index (χ1) is 7.03. The van der Waals surface area contributed by atoms with Crippen molar-refractivity contribution in [3.05, 3.63) is 29.6 Å². The molecule has 15 heavy (non-hydrogen) atoms. The lowest BCUT2D eigenvalue weighted by Gasteiger charge is -2.16. The summed E-state index contributed by atoms with van der Waals surface area (Å²) in [4.78, 5) is 10.9. The molecule has 4 heteroatoms. The maximum absolute atomic E-state index is 12.9. The van der Waals surface area contributed by atoms with Gasteiger partial charge in [-0.1, -0.05) is 6.07 Å². The van der Waals surface area contributed by atoms with E-state index in [0.717, 1.165) is 18.4 Å². The van der Waals surface area contributed by atoms with Crippen molar-refractivity contribution in [2.24, 2.45) is 0 Å². The predicted octanol–water partition coefficient (Wildman–Crippen LogP) is 1.96. The molecule has 1 fully saturated rings. The number of nitrogens with two attached hydrogens (primary N) is 1. The van der Waals surface area contributed by atoms with Crippen LogP contribution in [-0.4, -0.2) is 5.97 Å². The first-order valence-corrected chi connectivity index (χ1v) is 4.79. The summed E-state index contributed by atoms with van der Waals surface area (Å²) in [7, 11) is 0. The van der Waals surface area contributed by atoms with Gasteiger partial charge in [-0.25, -0.2) is 4.39 Å². The molecule has 0 bridgehead atoms. The van der Waals surface area contributed by atoms with Crippen LogP contribution in [0.3, 0.4) is 0 Å². The highest BCUT2D eigenvalue weighted by atomic mass is 19.1. The van der Waals surface area contributed by atoms with Crippen molar-refractivity contribution in [3.63, 3.8) is 0 Å². The zero-order valence-electron chi connectivity index (χ0n) is 8.42. The third kappa shape index (κ3) is 1.79. The second kappa shape index (κ2) is 3.22. The summed E-state index contributed by atoms with van der Waals surface area (Å²) < 4.78 is 18.1. The zero-order chi connectivity index (χ0) is 11.1. The number of ether oxygens (including phenoxy) is 1. The molecule has 0 unspecified atom stereocenters. The minimum Gasteiger partial charge on any atom is -0.454 e. The van der Waals surface area contributed by atoms with E-state index in [0.29, 0.717) is 0 Å². The zero-order valence-corrected chi connectivity index (χ0v) is 8.42. The van der Waals surface area contributed by atoms with Crippen LogP contribution in [0, 0.1) is 5.82 Å². The molecule has 1 saturated carbocycles. The van der Waals surface area contributed by atoms with Crippen molar-refractivity contribution in [1.29, 1.82) is 0 Å². The van der Waals surface area contributed by atoms with Crippen LogP contribution in [0.2, 0.25) is 0 Å². The number of benzene rings is 1. The second-order valence-electron chi connectivity index (χ2n) is 3.82. The Balaban J connectivity index is 2.29. The van der Waals surface area contributed by atoms with Gasteiger partial charge in [0.05, 0.1) is 5.69 Å². The molecule has 0 spiro atoms. The molecule has 3 nitrogen and oxygen atoms in total. The fourth-order valence-corrected chi connectivity index (χ4v) is 1.67. The quantitative estimate of drug-likeness (QED) is 0.598. The van der Waals surface area contributed by atoms with Crippen LogP contribution in [0.1, 0.15) is 25.3 Å². The highest BCUT2D eigenvalue weighted by molar-refractivity contribution is 5.67. The molecular weight excluding hydrogens is 197 g/mol. The van der Waals surface area contributed by atoms with Gasteiger partial charge in [0.15, 0.2) is 0 Å². The molecule has 0 amide bonds. The molecule has 80 valence electrons. The smallest absolute Gasteiger partial charge is 0.303 e. The number of hydrogen-bond donors (Lipinski definition) is 1. The van der Waals surface area contributed by atoms with Crippen molar-refractivity contribution in [1.82, 2.24) is 0 Å². The van der Waals surface area contributed by atoms with Gasteiger partial charge in [0.1, 0.15) is 11.4 Å². The number of hydrogen-bond acceptors (Lipinski definition) is 3. The van der Waals surface area contributed by atoms with E-state index in [-0.39, 0.29) is 11.7 Å². The van der Waals surface area contributed by atoms with Crippen molar-refractivity contribution >= 4 is 11.7 Å². The number of anilines is 1. The minimum absolute atomic E-state index is 0.0888. The predicted molar refractivity (Wildman–Crippen MR) is 53.5 cm³/mol. The summed E-state index contributed by atoms with van der Waals surface area (Å²) >= 11 is 0. The number of carbonyl (C=O) groups excluding carboxylic acids is 1. The summed E-state index contributed by atoms with van der Waals surface area (Å²) in [6.45, 7) is 1.37. The van der Waals surface area contributed by atoms with Crippen LogP contribution >= 0.6 is 0 Å². The fourth-order valence-electron chi connectivity index (χ4n) is 1.67. The van der Waals surface area contributed by atoms with Crippen molar-refractivity contribution in [2.75, 3.05) is 5.73 Å². The molecule has 1 aromatic rings. The topological polar surface area (TPSA) is 52.3 Å². The van der Waals surface area contributed by atoms with Crippen LogP contribution < -0.4 is 5.73 Å². The van der Waals surface area contributed by atoms with E-state index in [9.17, 15) is 9.18 Å². The molecule has 0 heterocycles. The van der Waals surface area contributed by atoms with Gasteiger partial charge in [0.2, 0.25) is 0 Å². The summed E-state index contributed by atoms with van der Waals surface area (Å²) in [6, 6.07) is 4.45. The Hall–Kier alpha value is -1.58. The maximum atomic E-state index is 12.9. The van der Waals surface area contributed by atoms with E-state index in [1.165, 1.54) is 19.1 Å². The first kappa shape index (κ1) is 9.96. The lowest BCUT2D eigenvalue weighted by Crippen LogP contribution is -2.15. The molecule has 1 aromatic carbocycles. The first-order valence-electron chi connectivity index (χ1n) is 4.79. The van der Waals surface area contributed by atoms with Crippen molar-refractivity contribution in [3.8, 4) is 0 Å². The molecular formula is C11H12FNO2. The Kier molecular flexibility index (Phi) is 2.14. The Morgan fingerprint density at radius 3 is 2.67 bits per heavy atom. The van der Waals surface area contributed by atoms with E-state index < -0.39 is 11.4 Å². The third-order valence-electron chi connectivity index (χ3n) is 2.57. The molecule has 1 aliphatic rings. The molecule has 0 saturated heterocycles. The normalized spacial score (nSPS) is 17.2. The van der Waals surface area contributed by atoms with Gasteiger partial charge in [-0.2, -0.15) is 0 Å². The minimum atomic E-state index is -0.548. The van der Waals surface area contributed by atoms with Gasteiger partial charge < -0.3 is 10.5 Å². The van der Waals surface area contributed by atoms with E-state index in [4.69, 9.17) is 10.5 Å². The Morgan fingerprint density at radius 2 is 2.20 bits per heavy atom. The van der Waals surface area contributed by atoms with Crippen LogP contribution in [0.25, 0.3) is 0 Å². The van der Waals surface area contributed by atoms with Gasteiger partial charge in [-0.3, -0.25) is 4.79 Å². The molecule has 0 atom stereocenters. The summed E-state index contributed by atoms with van der Waals surface area (Å²) in [6.07, 6.45) is 1.55. The molecule has 0 radical (unpaired) electrons. The van der Waals surface area contributed by atoms with Crippen LogP contribution in [0.5, 0.6) is 0 Å². The molecule has 2 rings (SSSR count). The standard InChI is InChI=1S/C11H12FNO2/c1-7(14)15-11(4-5-11)8-2-3-9(12)10(13)6-8/h2-3,6H,4-5,13H2,1H3. The summed E-state index contributed by atoms with van der Waals surface area (Å²) in [5.41, 5.74) is 5.78. The summed E-state index contributed by atoms with van der Waals surface area (Å²) in [5.74, 6) is -0.771. The van der Waals surface area contributed by atoms with Gasteiger partial charge >= 0.3 is 5.97 Å². The van der Waals surface area contributed by atoms with Crippen molar-refractivity contribution < 1.29 is 13.9 Å². The summed E-state index contributed by atoms with van der Waals surface area (Å²) in [5, 5.41) is 0. The average molecular weight is 209 g/mol. The number of nitrogen functional groups attached to an aromatic ring is 1. The Morgan fingerprint density at radius 1 is 1.53 bits per heavy atom. The highest BCUT2D eigenvalue weighted by Crippen LogP contribution is 2.49. The largest absolute Gasteiger partial charge is 0.454 e. The number of rotatable bonds is 2. The molecule has 0 aliphatic heterocycles. The molecule has 1 aliphatic carbocycles. The number of halogens is 1. The van der Waals surface area contributed by atoms with E-state index in [1.54, 1.807) is 6.07 Å². The lowest BCUT2D eigenvalue weighted by atomic mass is 10.1. The fraction of sp³-hybridized carbons (Fsp3) is 0.364. The lowest BCUT2D eigenvalue weighted by molar-refractivity contribution is -0.149. The van der Waals surface area contributed by atoms with Gasteiger partial charge in [-0.15, -0.1) is 0 Å². The third-order valence-corrected chi connectivity index (χ3v) is 2.57. The number of esters is 1. The van der Waals surface area contributed by atoms with E-state index in [1.807, 2.05) is 0 Å². The Labute approximate surface area is 87.0 Å². The second-order valence-corrected chi connectivity index (χ2v) is 3.82. The average Bonchev–Trinajstić information content (AvgIpc) is 2.89. The van der Waals surface area contributed by atoms with Crippen LogP contribution in [-0.2, 0) is 15.1 Å². The van der Waals surface area contributed by atoms with E-state index >= 15 is 0 Å². The monoisotopic (exact) mass is 209 g/mol. The van der Waals surface area contributed by atoms with Gasteiger partial charge in [0, 0.05) is 6.92 Å². The molecule has 0 aromatic heterocycles. The van der Waals surface area contributed by atoms with Gasteiger partial charge in [-0.05, 0) is 30.5 Å². The van der Waals surface area contributed by atoms with Crippen LogP contribution in [0.4, 0.5) is 10.1 Å². The SMILES string of the molecule is CC(=O)OC1(c2ccc(F)c(N)c2)CC1. The van der Waals surface area contributed by atoms with Crippen LogP contribution in [0.15, 0.2) is 18.2 Å². The highest BCUT2D eigenvalue weighted by Gasteiger charge is 2.48. The number of carbonyl (C=O) groups is 1. The Bertz CT molecular complexity index is 413. The van der Waals surface area contributed by atoms with E-state index in [2.05, 4.69) is 0 Å². The van der Waals surface area contributed by atoms with Gasteiger partial charge in [0.25, 0.3) is 0 Å². The van der Waals surface area contributed by atoms with Crippen molar-refractivity contribution in [2.45, 2.75) is 25.4 Å².